The quantitative estimate of drug-likeness (QED) is 0.264. The minimum absolute atomic E-state index is 1.00. The lowest BCUT2D eigenvalue weighted by Gasteiger charge is -2.15. The van der Waals surface area contributed by atoms with Crippen LogP contribution in [0.5, 0.6) is 0 Å². The maximum absolute atomic E-state index is 4.60. The van der Waals surface area contributed by atoms with Crippen LogP contribution < -0.4 is 0 Å². The predicted octanol–water partition coefficient (Wildman–Crippen LogP) is 8.94. The fourth-order valence-corrected chi connectivity index (χ4v) is 5.28. The molecule has 0 unspecified atom stereocenters. The second-order valence-electron chi connectivity index (χ2n) is 9.08. The monoisotopic (exact) mass is 458 g/mol. The third-order valence-electron chi connectivity index (χ3n) is 6.95. The van der Waals surface area contributed by atoms with Crippen molar-refractivity contribution in [1.29, 1.82) is 0 Å². The van der Waals surface area contributed by atoms with Crippen LogP contribution in [0, 0.1) is 0 Å². The summed E-state index contributed by atoms with van der Waals surface area (Å²) in [5.74, 6) is 0. The van der Waals surface area contributed by atoms with E-state index in [1.54, 1.807) is 0 Å². The average Bonchev–Trinajstić information content (AvgIpc) is 2.96. The van der Waals surface area contributed by atoms with E-state index in [9.17, 15) is 0 Å². The van der Waals surface area contributed by atoms with E-state index in [0.717, 1.165) is 21.8 Å². The average molecular weight is 459 g/mol. The molecule has 0 amide bonds. The third kappa shape index (κ3) is 3.43. The van der Waals surface area contributed by atoms with E-state index in [4.69, 9.17) is 0 Å². The second-order valence-corrected chi connectivity index (χ2v) is 9.08. The van der Waals surface area contributed by atoms with E-state index < -0.39 is 0 Å². The van der Waals surface area contributed by atoms with E-state index in [0.29, 0.717) is 0 Å². The summed E-state index contributed by atoms with van der Waals surface area (Å²) in [6, 6.07) is 43.1. The molecule has 0 bridgehead atoms. The molecule has 5 aromatic carbocycles. The first-order valence-electron chi connectivity index (χ1n) is 12.2. The predicted molar refractivity (Wildman–Crippen MR) is 151 cm³/mol. The Morgan fingerprint density at radius 3 is 1.39 bits per heavy atom. The first kappa shape index (κ1) is 20.5. The zero-order valence-electron chi connectivity index (χ0n) is 19.6. The van der Waals surface area contributed by atoms with Gasteiger partial charge in [-0.15, -0.1) is 0 Å². The highest BCUT2D eigenvalue weighted by atomic mass is 14.6. The number of benzene rings is 5. The Kier molecular flexibility index (Phi) is 4.82. The lowest BCUT2D eigenvalue weighted by molar-refractivity contribution is 1.41. The van der Waals surface area contributed by atoms with Gasteiger partial charge in [-0.05, 0) is 86.6 Å². The van der Waals surface area contributed by atoms with Crippen LogP contribution >= 0.6 is 0 Å². The highest BCUT2D eigenvalue weighted by molar-refractivity contribution is 6.02. The molecule has 168 valence electrons. The number of hydrogen-bond acceptors (Lipinski definition) is 2. The van der Waals surface area contributed by atoms with Gasteiger partial charge >= 0.3 is 0 Å². The third-order valence-corrected chi connectivity index (χ3v) is 6.95. The van der Waals surface area contributed by atoms with Gasteiger partial charge in [0.15, 0.2) is 0 Å². The minimum Gasteiger partial charge on any atom is -0.256 e. The van der Waals surface area contributed by atoms with Crippen LogP contribution in [0.4, 0.5) is 0 Å². The van der Waals surface area contributed by atoms with Gasteiger partial charge in [0, 0.05) is 23.2 Å². The molecular formula is C34H22N2. The van der Waals surface area contributed by atoms with E-state index in [1.165, 1.54) is 44.2 Å². The van der Waals surface area contributed by atoms with Crippen molar-refractivity contribution in [3.63, 3.8) is 0 Å². The van der Waals surface area contributed by atoms with E-state index in [2.05, 4.69) is 119 Å². The highest BCUT2D eigenvalue weighted by Gasteiger charge is 2.13. The number of nitrogens with zero attached hydrogens (tertiary/aromatic N) is 2. The van der Waals surface area contributed by atoms with Crippen molar-refractivity contribution < 1.29 is 0 Å². The topological polar surface area (TPSA) is 25.8 Å². The summed E-state index contributed by atoms with van der Waals surface area (Å²) in [7, 11) is 0. The summed E-state index contributed by atoms with van der Waals surface area (Å²) in [4.78, 5) is 9.20. The molecule has 2 heteroatoms. The van der Waals surface area contributed by atoms with Gasteiger partial charge in [0.25, 0.3) is 0 Å². The van der Waals surface area contributed by atoms with Gasteiger partial charge in [0.05, 0.1) is 11.0 Å². The van der Waals surface area contributed by atoms with Crippen LogP contribution in [0.25, 0.3) is 66.0 Å². The molecule has 7 rings (SSSR count). The molecular weight excluding hydrogens is 436 g/mol. The molecule has 2 nitrogen and oxygen atoms in total. The van der Waals surface area contributed by atoms with Crippen LogP contribution in [-0.4, -0.2) is 9.97 Å². The summed E-state index contributed by atoms with van der Waals surface area (Å²) in [5, 5.41) is 4.80. The van der Waals surface area contributed by atoms with Crippen molar-refractivity contribution in [2.45, 2.75) is 0 Å². The molecule has 0 N–H and O–H groups in total. The fourth-order valence-electron chi connectivity index (χ4n) is 5.28. The standard InChI is InChI=1S/C34H22N2/c1-2-10-27-23(8-1)9-3-11-28(27)24-20-25(29-12-4-16-33-31(29)14-6-18-35-33)22-26(21-24)30-13-5-17-34-32(30)15-7-19-36-34/h1-22H. The Labute approximate surface area is 209 Å². The molecule has 0 aliphatic rings. The van der Waals surface area contributed by atoms with Gasteiger partial charge in [-0.3, -0.25) is 9.97 Å². The van der Waals surface area contributed by atoms with Gasteiger partial charge in [-0.25, -0.2) is 0 Å². The van der Waals surface area contributed by atoms with Gasteiger partial charge < -0.3 is 0 Å². The lowest BCUT2D eigenvalue weighted by Crippen LogP contribution is -1.90. The van der Waals surface area contributed by atoms with Crippen LogP contribution in [0.3, 0.4) is 0 Å². The Bertz CT molecular complexity index is 1650. The van der Waals surface area contributed by atoms with Crippen LogP contribution in [0.2, 0.25) is 0 Å². The normalized spacial score (nSPS) is 11.3. The molecule has 0 radical (unpaired) electrons. The maximum Gasteiger partial charge on any atom is 0.0708 e. The molecule has 0 spiro atoms. The zero-order chi connectivity index (χ0) is 23.9. The van der Waals surface area contributed by atoms with Crippen LogP contribution in [-0.2, 0) is 0 Å². The first-order valence-corrected chi connectivity index (χ1v) is 12.2. The molecule has 0 aliphatic heterocycles. The second kappa shape index (κ2) is 8.44. The maximum atomic E-state index is 4.60. The largest absolute Gasteiger partial charge is 0.256 e. The number of aromatic nitrogens is 2. The van der Waals surface area contributed by atoms with Gasteiger partial charge in [-0.2, -0.15) is 0 Å². The van der Waals surface area contributed by atoms with Crippen molar-refractivity contribution in [1.82, 2.24) is 9.97 Å². The lowest BCUT2D eigenvalue weighted by atomic mass is 9.89. The van der Waals surface area contributed by atoms with Crippen molar-refractivity contribution in [2.24, 2.45) is 0 Å². The summed E-state index contributed by atoms with van der Waals surface area (Å²) in [6.07, 6.45) is 3.71. The molecule has 0 saturated carbocycles. The number of pyridine rings is 2. The van der Waals surface area contributed by atoms with Crippen molar-refractivity contribution >= 4 is 32.6 Å². The van der Waals surface area contributed by atoms with Crippen molar-refractivity contribution in [3.8, 4) is 33.4 Å². The molecule has 0 atom stereocenters. The van der Waals surface area contributed by atoms with E-state index in [-0.39, 0.29) is 0 Å². The molecule has 0 aliphatic carbocycles. The summed E-state index contributed by atoms with van der Waals surface area (Å²) < 4.78 is 0. The van der Waals surface area contributed by atoms with Crippen molar-refractivity contribution in [3.05, 3.63) is 134 Å². The minimum atomic E-state index is 1.00. The van der Waals surface area contributed by atoms with Gasteiger partial charge in [-0.1, -0.05) is 78.9 Å². The van der Waals surface area contributed by atoms with Gasteiger partial charge in [0.1, 0.15) is 0 Å². The van der Waals surface area contributed by atoms with E-state index in [1.807, 2.05) is 24.5 Å². The molecule has 2 heterocycles. The van der Waals surface area contributed by atoms with E-state index >= 15 is 0 Å². The number of fused-ring (bicyclic) bond motifs is 3. The van der Waals surface area contributed by atoms with Crippen LogP contribution in [0.15, 0.2) is 134 Å². The summed E-state index contributed by atoms with van der Waals surface area (Å²) in [5.41, 5.74) is 9.14. The van der Waals surface area contributed by atoms with Crippen LogP contribution in [0.1, 0.15) is 0 Å². The molecule has 0 saturated heterocycles. The smallest absolute Gasteiger partial charge is 0.0708 e. The van der Waals surface area contributed by atoms with Gasteiger partial charge in [0.2, 0.25) is 0 Å². The molecule has 0 fully saturated rings. The molecule has 2 aromatic heterocycles. The first-order chi connectivity index (χ1) is 17.8. The summed E-state index contributed by atoms with van der Waals surface area (Å²) >= 11 is 0. The Balaban J connectivity index is 1.56. The SMILES string of the molecule is c1ccc2c(-c3cc(-c4cccc5ncccc45)cc(-c4cccc5ncccc45)c3)cccc2c1. The zero-order valence-corrected chi connectivity index (χ0v) is 19.6. The number of rotatable bonds is 3. The Morgan fingerprint density at radius 1 is 0.361 bits per heavy atom. The Morgan fingerprint density at radius 2 is 0.806 bits per heavy atom. The Hall–Kier alpha value is -4.82. The molecule has 36 heavy (non-hydrogen) atoms. The van der Waals surface area contributed by atoms with Crippen molar-refractivity contribution in [2.75, 3.05) is 0 Å². The highest BCUT2D eigenvalue weighted by Crippen LogP contribution is 2.39. The number of hydrogen-bond donors (Lipinski definition) is 0. The molecule has 7 aromatic rings. The fraction of sp³-hybridized carbons (Fsp3) is 0. The summed E-state index contributed by atoms with van der Waals surface area (Å²) in [6.45, 7) is 0.